The lowest BCUT2D eigenvalue weighted by molar-refractivity contribution is -0.151. The first-order valence-electron chi connectivity index (χ1n) is 17.8. The van der Waals surface area contributed by atoms with Crippen molar-refractivity contribution in [3.05, 3.63) is 11.6 Å². The highest BCUT2D eigenvalue weighted by Gasteiger charge is 2.58. The minimum Gasteiger partial charge on any atom is -0.462 e. The summed E-state index contributed by atoms with van der Waals surface area (Å²) in [5, 5.41) is 0. The standard InChI is InChI=1S/C37H64O2/c1-5-7-9-11-13-15-17-19-35(38)39-31-24-26-37(4)30(28-31)20-22-32-33-23-21-29(18-16-14-12-10-8-6-2)36(33,3)27-25-34(32)37/h20,29,31-34H,5-19,21-28H2,1-4H3. The second-order valence-electron chi connectivity index (χ2n) is 14.9. The monoisotopic (exact) mass is 540 g/mol. The number of esters is 1. The predicted octanol–water partition coefficient (Wildman–Crippen LogP) is 11.4. The Bertz CT molecular complexity index is 784. The van der Waals surface area contributed by atoms with E-state index in [2.05, 4.69) is 33.8 Å². The van der Waals surface area contributed by atoms with Gasteiger partial charge in [0.15, 0.2) is 0 Å². The molecule has 0 N–H and O–H groups in total. The number of fused-ring (bicyclic) bond motifs is 5. The van der Waals surface area contributed by atoms with E-state index in [-0.39, 0.29) is 12.1 Å². The summed E-state index contributed by atoms with van der Waals surface area (Å²) in [4.78, 5) is 12.6. The smallest absolute Gasteiger partial charge is 0.306 e. The van der Waals surface area contributed by atoms with Gasteiger partial charge in [-0.15, -0.1) is 0 Å². The van der Waals surface area contributed by atoms with Gasteiger partial charge in [-0.1, -0.05) is 116 Å². The number of hydrogen-bond acceptors (Lipinski definition) is 2. The van der Waals surface area contributed by atoms with Crippen LogP contribution in [0.3, 0.4) is 0 Å². The molecule has 3 saturated carbocycles. The first-order chi connectivity index (χ1) is 18.9. The zero-order chi connectivity index (χ0) is 27.7. The zero-order valence-corrected chi connectivity index (χ0v) is 26.5. The Hall–Kier alpha value is -0.790. The molecule has 0 aliphatic heterocycles. The SMILES string of the molecule is CCCCCCCCCC(=O)OC1CCC2(C)C(=CCC3C2CCC2(C)C(CCCCCCCC)CCC32)C1. The first-order valence-corrected chi connectivity index (χ1v) is 17.8. The lowest BCUT2D eigenvalue weighted by Crippen LogP contribution is -2.50. The molecule has 0 saturated heterocycles. The molecule has 0 aromatic carbocycles. The van der Waals surface area contributed by atoms with Gasteiger partial charge in [-0.3, -0.25) is 4.79 Å². The van der Waals surface area contributed by atoms with E-state index in [1.54, 1.807) is 5.57 Å². The number of carbonyl (C=O) groups excluding carboxylic acids is 1. The molecular formula is C37H64O2. The number of unbranched alkanes of at least 4 members (excludes halogenated alkanes) is 11. The summed E-state index contributed by atoms with van der Waals surface area (Å²) in [5.74, 6) is 3.71. The van der Waals surface area contributed by atoms with Gasteiger partial charge >= 0.3 is 5.97 Å². The average Bonchev–Trinajstić information content (AvgIpc) is 3.26. The van der Waals surface area contributed by atoms with Gasteiger partial charge in [0.2, 0.25) is 0 Å². The molecule has 4 aliphatic carbocycles. The third-order valence-corrected chi connectivity index (χ3v) is 12.4. The summed E-state index contributed by atoms with van der Waals surface area (Å²) < 4.78 is 6.05. The van der Waals surface area contributed by atoms with Crippen molar-refractivity contribution in [3.8, 4) is 0 Å². The summed E-state index contributed by atoms with van der Waals surface area (Å²) in [6.07, 6.45) is 32.7. The van der Waals surface area contributed by atoms with Crippen LogP contribution < -0.4 is 0 Å². The molecule has 0 spiro atoms. The molecular weight excluding hydrogens is 476 g/mol. The van der Waals surface area contributed by atoms with Crippen LogP contribution in [0, 0.1) is 34.5 Å². The van der Waals surface area contributed by atoms with Crippen molar-refractivity contribution in [1.29, 1.82) is 0 Å². The molecule has 0 aromatic rings. The van der Waals surface area contributed by atoms with E-state index >= 15 is 0 Å². The van der Waals surface area contributed by atoms with Gasteiger partial charge in [-0.25, -0.2) is 0 Å². The molecule has 0 bridgehead atoms. The number of ether oxygens (including phenoxy) is 1. The van der Waals surface area contributed by atoms with Crippen molar-refractivity contribution in [1.82, 2.24) is 0 Å². The van der Waals surface area contributed by atoms with E-state index in [1.807, 2.05) is 0 Å². The number of hydrogen-bond donors (Lipinski definition) is 0. The number of carbonyl (C=O) groups is 1. The Kier molecular flexibility index (Phi) is 11.9. The third-order valence-electron chi connectivity index (χ3n) is 12.4. The fourth-order valence-corrected chi connectivity index (χ4v) is 9.95. The van der Waals surface area contributed by atoms with E-state index < -0.39 is 0 Å². The zero-order valence-electron chi connectivity index (χ0n) is 26.5. The maximum atomic E-state index is 12.6. The average molecular weight is 541 g/mol. The van der Waals surface area contributed by atoms with Gasteiger partial charge < -0.3 is 4.74 Å². The van der Waals surface area contributed by atoms with Crippen molar-refractivity contribution in [2.75, 3.05) is 0 Å². The molecule has 7 unspecified atom stereocenters. The molecule has 0 aromatic heterocycles. The van der Waals surface area contributed by atoms with E-state index in [1.165, 1.54) is 122 Å². The molecule has 39 heavy (non-hydrogen) atoms. The Morgan fingerprint density at radius 3 is 2.18 bits per heavy atom. The Morgan fingerprint density at radius 1 is 0.795 bits per heavy atom. The van der Waals surface area contributed by atoms with Gasteiger partial charge in [0, 0.05) is 12.8 Å². The summed E-state index contributed by atoms with van der Waals surface area (Å²) >= 11 is 0. The van der Waals surface area contributed by atoms with Crippen molar-refractivity contribution in [3.63, 3.8) is 0 Å². The van der Waals surface area contributed by atoms with Crippen molar-refractivity contribution >= 4 is 5.97 Å². The van der Waals surface area contributed by atoms with Crippen LogP contribution in [0.15, 0.2) is 11.6 Å². The first kappa shape index (κ1) is 31.2. The largest absolute Gasteiger partial charge is 0.462 e. The summed E-state index contributed by atoms with van der Waals surface area (Å²) in [7, 11) is 0. The van der Waals surface area contributed by atoms with Crippen molar-refractivity contribution in [2.45, 2.75) is 181 Å². The van der Waals surface area contributed by atoms with Crippen LogP contribution in [0.5, 0.6) is 0 Å². The maximum Gasteiger partial charge on any atom is 0.306 e. The molecule has 0 heterocycles. The maximum absolute atomic E-state index is 12.6. The number of rotatable bonds is 16. The van der Waals surface area contributed by atoms with E-state index in [0.29, 0.717) is 17.3 Å². The molecule has 0 amide bonds. The highest BCUT2D eigenvalue weighted by molar-refractivity contribution is 5.69. The third kappa shape index (κ3) is 7.54. The predicted molar refractivity (Wildman–Crippen MR) is 166 cm³/mol. The Balaban J connectivity index is 1.24. The topological polar surface area (TPSA) is 26.3 Å². The summed E-state index contributed by atoms with van der Waals surface area (Å²) in [5.41, 5.74) is 2.59. The molecule has 2 nitrogen and oxygen atoms in total. The van der Waals surface area contributed by atoms with Crippen LogP contribution in [-0.4, -0.2) is 12.1 Å². The molecule has 4 aliphatic rings. The van der Waals surface area contributed by atoms with Crippen LogP contribution in [0.2, 0.25) is 0 Å². The normalized spacial score (nSPS) is 35.6. The minimum absolute atomic E-state index is 0.0576. The van der Waals surface area contributed by atoms with E-state index in [9.17, 15) is 4.79 Å². The number of allylic oxidation sites excluding steroid dienone is 1. The highest BCUT2D eigenvalue weighted by Crippen LogP contribution is 2.66. The molecule has 3 fully saturated rings. The molecule has 0 radical (unpaired) electrons. The van der Waals surface area contributed by atoms with Crippen molar-refractivity contribution < 1.29 is 9.53 Å². The highest BCUT2D eigenvalue weighted by atomic mass is 16.5. The van der Waals surface area contributed by atoms with Gasteiger partial charge in [0.05, 0.1) is 0 Å². The van der Waals surface area contributed by atoms with Crippen LogP contribution in [0.4, 0.5) is 0 Å². The van der Waals surface area contributed by atoms with Crippen LogP contribution >= 0.6 is 0 Å². The fraction of sp³-hybridized carbons (Fsp3) is 0.919. The van der Waals surface area contributed by atoms with Gasteiger partial charge in [0.1, 0.15) is 6.10 Å². The van der Waals surface area contributed by atoms with Gasteiger partial charge in [-0.2, -0.15) is 0 Å². The molecule has 4 rings (SSSR count). The second-order valence-corrected chi connectivity index (χ2v) is 14.9. The molecule has 224 valence electrons. The summed E-state index contributed by atoms with van der Waals surface area (Å²) in [6.45, 7) is 9.88. The quantitative estimate of drug-likeness (QED) is 0.110. The van der Waals surface area contributed by atoms with E-state index in [0.717, 1.165) is 42.9 Å². The van der Waals surface area contributed by atoms with Crippen LogP contribution in [0.25, 0.3) is 0 Å². The Labute approximate surface area is 242 Å². The Morgan fingerprint density at radius 2 is 1.46 bits per heavy atom. The van der Waals surface area contributed by atoms with Crippen LogP contribution in [0.1, 0.15) is 175 Å². The van der Waals surface area contributed by atoms with Crippen LogP contribution in [-0.2, 0) is 9.53 Å². The van der Waals surface area contributed by atoms with Gasteiger partial charge in [0.25, 0.3) is 0 Å². The van der Waals surface area contributed by atoms with E-state index in [4.69, 9.17) is 4.74 Å². The second kappa shape index (κ2) is 14.9. The lowest BCUT2D eigenvalue weighted by Gasteiger charge is -2.58. The van der Waals surface area contributed by atoms with Crippen molar-refractivity contribution in [2.24, 2.45) is 34.5 Å². The van der Waals surface area contributed by atoms with Gasteiger partial charge in [-0.05, 0) is 92.3 Å². The molecule has 2 heteroatoms. The lowest BCUT2D eigenvalue weighted by atomic mass is 9.47. The summed E-state index contributed by atoms with van der Waals surface area (Å²) in [6, 6.07) is 0. The molecule has 7 atom stereocenters. The minimum atomic E-state index is 0.0576. The fourth-order valence-electron chi connectivity index (χ4n) is 9.95.